The van der Waals surface area contributed by atoms with Crippen LogP contribution in [0, 0.1) is 18.7 Å². The summed E-state index contributed by atoms with van der Waals surface area (Å²) in [7, 11) is 0. The van der Waals surface area contributed by atoms with Gasteiger partial charge in [0.25, 0.3) is 5.56 Å². The fraction of sp³-hybridized carbons (Fsp3) is 0.296. The summed E-state index contributed by atoms with van der Waals surface area (Å²) in [5.74, 6) is 1.09. The van der Waals surface area contributed by atoms with Crippen LogP contribution >= 0.6 is 23.1 Å². The maximum Gasteiger partial charge on any atom is 0.268 e. The Morgan fingerprint density at radius 1 is 1.19 bits per heavy atom. The Balaban J connectivity index is 1.59. The van der Waals surface area contributed by atoms with Gasteiger partial charge in [-0.2, -0.15) is 0 Å². The molecule has 2 aromatic carbocycles. The summed E-state index contributed by atoms with van der Waals surface area (Å²) in [4.78, 5) is 16.0. The highest BCUT2D eigenvalue weighted by atomic mass is 32.2. The predicted octanol–water partition coefficient (Wildman–Crippen LogP) is 5.93. The van der Waals surface area contributed by atoms with E-state index < -0.39 is 0 Å². The first-order valence-corrected chi connectivity index (χ1v) is 13.7. The van der Waals surface area contributed by atoms with Crippen LogP contribution in [0.25, 0.3) is 21.7 Å². The first-order chi connectivity index (χ1) is 17.4. The number of aromatic nitrogens is 4. The second-order valence-electron chi connectivity index (χ2n) is 9.50. The van der Waals surface area contributed by atoms with Crippen molar-refractivity contribution in [2.24, 2.45) is 5.92 Å². The van der Waals surface area contributed by atoms with Crippen molar-refractivity contribution in [2.45, 2.75) is 50.8 Å². The van der Waals surface area contributed by atoms with Crippen LogP contribution in [0.1, 0.15) is 35.4 Å². The van der Waals surface area contributed by atoms with Crippen LogP contribution in [0.2, 0.25) is 0 Å². The molecule has 184 valence electrons. The molecule has 6 nitrogen and oxygen atoms in total. The molecule has 36 heavy (non-hydrogen) atoms. The molecule has 0 aliphatic carbocycles. The van der Waals surface area contributed by atoms with E-state index in [-0.39, 0.29) is 17.5 Å². The number of ether oxygens (including phenoxy) is 1. The fourth-order valence-corrected chi connectivity index (χ4v) is 6.91. The largest absolute Gasteiger partial charge is 0.372 e. The fourth-order valence-electron chi connectivity index (χ4n) is 4.73. The van der Waals surface area contributed by atoms with Crippen LogP contribution in [-0.2, 0) is 23.5 Å². The molecule has 3 aromatic heterocycles. The van der Waals surface area contributed by atoms with Crippen molar-refractivity contribution in [1.29, 1.82) is 0 Å². The molecule has 0 N–H and O–H groups in total. The molecule has 9 heteroatoms. The lowest BCUT2D eigenvalue weighted by molar-refractivity contribution is 0.00200. The highest BCUT2D eigenvalue weighted by Gasteiger charge is 2.30. The van der Waals surface area contributed by atoms with Gasteiger partial charge in [-0.15, -0.1) is 21.5 Å². The average molecular weight is 521 g/mol. The number of halogens is 1. The zero-order chi connectivity index (χ0) is 25.0. The first-order valence-electron chi connectivity index (χ1n) is 11.9. The Labute approximate surface area is 215 Å². The van der Waals surface area contributed by atoms with Gasteiger partial charge in [-0.1, -0.05) is 49.9 Å². The van der Waals surface area contributed by atoms with E-state index in [9.17, 15) is 9.18 Å². The lowest BCUT2D eigenvalue weighted by Crippen LogP contribution is -2.28. The first kappa shape index (κ1) is 23.4. The normalized spacial score (nSPS) is 15.8. The molecule has 5 aromatic rings. The Morgan fingerprint density at radius 2 is 2.03 bits per heavy atom. The summed E-state index contributed by atoms with van der Waals surface area (Å²) in [6.07, 6.45) is 0.774. The van der Waals surface area contributed by atoms with Crippen molar-refractivity contribution in [1.82, 2.24) is 19.2 Å². The van der Waals surface area contributed by atoms with Gasteiger partial charge in [0, 0.05) is 17.1 Å². The highest BCUT2D eigenvalue weighted by molar-refractivity contribution is 7.98. The van der Waals surface area contributed by atoms with Gasteiger partial charge in [0.2, 0.25) is 5.78 Å². The third kappa shape index (κ3) is 3.95. The van der Waals surface area contributed by atoms with Gasteiger partial charge in [-0.05, 0) is 53.8 Å². The van der Waals surface area contributed by atoms with Crippen LogP contribution in [0.5, 0.6) is 0 Å². The predicted molar refractivity (Wildman–Crippen MR) is 142 cm³/mol. The number of thioether (sulfide) groups is 1. The summed E-state index contributed by atoms with van der Waals surface area (Å²) >= 11 is 3.06. The van der Waals surface area contributed by atoms with Crippen LogP contribution in [0.3, 0.4) is 0 Å². The van der Waals surface area contributed by atoms with Gasteiger partial charge < -0.3 is 4.74 Å². The van der Waals surface area contributed by atoms with Crippen molar-refractivity contribution in [2.75, 3.05) is 0 Å². The lowest BCUT2D eigenvalue weighted by atomic mass is 9.96. The molecule has 0 spiro atoms. The van der Waals surface area contributed by atoms with E-state index in [2.05, 4.69) is 24.0 Å². The summed E-state index contributed by atoms with van der Waals surface area (Å²) in [5.41, 5.74) is 3.66. The molecule has 0 radical (unpaired) electrons. The van der Waals surface area contributed by atoms with Crippen molar-refractivity contribution in [3.8, 4) is 5.69 Å². The molecule has 0 saturated heterocycles. The molecular weight excluding hydrogens is 495 g/mol. The molecule has 6 rings (SSSR count). The second kappa shape index (κ2) is 9.14. The number of aryl methyl sites for hydroxylation is 1. The van der Waals surface area contributed by atoms with E-state index in [0.717, 1.165) is 32.1 Å². The lowest BCUT2D eigenvalue weighted by Gasteiger charge is -2.26. The van der Waals surface area contributed by atoms with E-state index in [1.165, 1.54) is 23.9 Å². The van der Waals surface area contributed by atoms with Crippen LogP contribution in [0.15, 0.2) is 58.5 Å². The number of hydrogen-bond donors (Lipinski definition) is 0. The second-order valence-corrected chi connectivity index (χ2v) is 11.5. The molecule has 1 aliphatic rings. The van der Waals surface area contributed by atoms with Gasteiger partial charge in [-0.3, -0.25) is 4.79 Å². The summed E-state index contributed by atoms with van der Waals surface area (Å²) in [5, 5.41) is 10.3. The molecular formula is C27H25FN4O2S2. The molecule has 1 atom stereocenters. The SMILES string of the molecule is Cc1cccc(-n2c(=O)c3c4c(sc3n3c(SCc5cccc(F)c5)nnc23)CO[C@@H](C(C)C)C4)c1. The number of thiophene rings is 1. The van der Waals surface area contributed by atoms with Crippen LogP contribution in [-0.4, -0.2) is 25.3 Å². The number of nitrogens with zero attached hydrogens (tertiary/aromatic N) is 4. The van der Waals surface area contributed by atoms with Crippen molar-refractivity contribution in [3.05, 3.63) is 86.3 Å². The molecule has 1 aliphatic heterocycles. The van der Waals surface area contributed by atoms with Crippen LogP contribution < -0.4 is 5.56 Å². The number of hydrogen-bond acceptors (Lipinski definition) is 6. The van der Waals surface area contributed by atoms with E-state index in [1.54, 1.807) is 22.0 Å². The van der Waals surface area contributed by atoms with Gasteiger partial charge >= 0.3 is 0 Å². The molecule has 4 heterocycles. The van der Waals surface area contributed by atoms with E-state index in [4.69, 9.17) is 4.74 Å². The van der Waals surface area contributed by atoms with Gasteiger partial charge in [0.1, 0.15) is 10.6 Å². The molecule has 0 amide bonds. The number of rotatable bonds is 5. The molecule has 0 saturated carbocycles. The molecule has 0 unspecified atom stereocenters. The number of fused-ring (bicyclic) bond motifs is 5. The van der Waals surface area contributed by atoms with Gasteiger partial charge in [0.05, 0.1) is 23.8 Å². The molecule has 0 bridgehead atoms. The maximum absolute atomic E-state index is 14.1. The Bertz CT molecular complexity index is 1670. The number of benzene rings is 2. The van der Waals surface area contributed by atoms with Crippen molar-refractivity contribution >= 4 is 39.1 Å². The summed E-state index contributed by atoms with van der Waals surface area (Å²) in [6, 6.07) is 14.4. The Kier molecular flexibility index (Phi) is 5.94. The maximum atomic E-state index is 14.1. The minimum atomic E-state index is -0.263. The van der Waals surface area contributed by atoms with E-state index >= 15 is 0 Å². The van der Waals surface area contributed by atoms with Crippen molar-refractivity contribution in [3.63, 3.8) is 0 Å². The van der Waals surface area contributed by atoms with Crippen molar-refractivity contribution < 1.29 is 9.13 Å². The zero-order valence-electron chi connectivity index (χ0n) is 20.2. The third-order valence-corrected chi connectivity index (χ3v) is 8.79. The Hall–Kier alpha value is -3.01. The standard InChI is InChI=1S/C27H25FN4O2S2/c1-15(2)21-12-20-22(13-34-21)36-25-23(20)24(33)31(19-9-4-6-16(3)10-19)26-29-30-27(32(25)26)35-14-17-7-5-8-18(28)11-17/h4-11,15,21H,12-14H2,1-3H3/t21-/m1/s1. The summed E-state index contributed by atoms with van der Waals surface area (Å²) in [6.45, 7) is 6.80. The average Bonchev–Trinajstić information content (AvgIpc) is 3.44. The van der Waals surface area contributed by atoms with E-state index in [1.807, 2.05) is 41.7 Å². The summed E-state index contributed by atoms with van der Waals surface area (Å²) < 4.78 is 23.5. The minimum Gasteiger partial charge on any atom is -0.372 e. The topological polar surface area (TPSA) is 61.4 Å². The minimum absolute atomic E-state index is 0.0700. The zero-order valence-corrected chi connectivity index (χ0v) is 21.8. The highest BCUT2D eigenvalue weighted by Crippen LogP contribution is 2.38. The Morgan fingerprint density at radius 3 is 2.81 bits per heavy atom. The van der Waals surface area contributed by atoms with Crippen LogP contribution in [0.4, 0.5) is 4.39 Å². The van der Waals surface area contributed by atoms with Gasteiger partial charge in [0.15, 0.2) is 5.16 Å². The smallest absolute Gasteiger partial charge is 0.268 e. The third-order valence-electron chi connectivity index (χ3n) is 6.60. The van der Waals surface area contributed by atoms with E-state index in [0.29, 0.717) is 41.0 Å². The monoisotopic (exact) mass is 520 g/mol. The van der Waals surface area contributed by atoms with Gasteiger partial charge in [-0.25, -0.2) is 13.4 Å². The quantitative estimate of drug-likeness (QED) is 0.269. The molecule has 0 fully saturated rings.